The van der Waals surface area contributed by atoms with Gasteiger partial charge in [-0.2, -0.15) is 0 Å². The Hall–Kier alpha value is -3.17. The minimum Gasteiger partial charge on any atom is -0.394 e. The third-order valence-electron chi connectivity index (χ3n) is 23.8. The van der Waals surface area contributed by atoms with Gasteiger partial charge in [0.2, 0.25) is 17.7 Å². The second-order valence-corrected chi connectivity index (χ2v) is 33.4. The minimum absolute atomic E-state index is 0.148. The molecule has 39 heteroatoms. The van der Waals surface area contributed by atoms with Crippen LogP contribution < -0.4 is 16.0 Å². The van der Waals surface area contributed by atoms with Crippen molar-refractivity contribution in [1.82, 2.24) is 16.0 Å². The summed E-state index contributed by atoms with van der Waals surface area (Å²) in [6, 6.07) is -4.92. The Balaban J connectivity index is 1.13. The highest BCUT2D eigenvalue weighted by atomic mass is 16.8. The summed E-state index contributed by atoms with van der Waals surface area (Å²) in [5, 5.41) is 223. The van der Waals surface area contributed by atoms with Crippen molar-refractivity contribution in [3.05, 3.63) is 12.2 Å². The van der Waals surface area contributed by atoms with Crippen molar-refractivity contribution in [3.8, 4) is 0 Å². The Morgan fingerprint density at radius 1 is 0.339 bits per heavy atom. The van der Waals surface area contributed by atoms with Gasteiger partial charge < -0.3 is 179 Å². The summed E-state index contributed by atoms with van der Waals surface area (Å²) >= 11 is 0. The molecule has 7 rings (SSSR count). The topological polar surface area (TPSA) is 601 Å². The fraction of sp³-hybridized carbons (Fsp3) is 0.939. The smallest absolute Gasteiger partial charge is 0.220 e. The molecule has 7 heterocycles. The van der Waals surface area contributed by atoms with Crippen molar-refractivity contribution in [2.24, 2.45) is 0 Å². The Labute approximate surface area is 708 Å². The number of carbonyl (C=O) groups excluding carboxylic acids is 3. The Morgan fingerprint density at radius 2 is 0.702 bits per heavy atom. The maximum atomic E-state index is 13.8. The maximum Gasteiger partial charge on any atom is 0.220 e. The van der Waals surface area contributed by atoms with Crippen molar-refractivity contribution in [3.63, 3.8) is 0 Å². The lowest BCUT2D eigenvalue weighted by atomic mass is 9.93. The van der Waals surface area contributed by atoms with Crippen LogP contribution in [0.4, 0.5) is 0 Å². The lowest BCUT2D eigenvalue weighted by Gasteiger charge is -2.53. The molecule has 7 aliphatic heterocycles. The summed E-state index contributed by atoms with van der Waals surface area (Å²) in [5.74, 6) is -2.18. The van der Waals surface area contributed by atoms with Crippen LogP contribution in [0.2, 0.25) is 0 Å². The van der Waals surface area contributed by atoms with E-state index < -0.39 is 278 Å². The number of rotatable bonds is 53. The van der Waals surface area contributed by atoms with E-state index in [1.165, 1.54) is 123 Å². The molecule has 7 aliphatic rings. The molecule has 706 valence electrons. The molecule has 0 radical (unpaired) electrons. The molecule has 39 nitrogen and oxygen atoms in total. The van der Waals surface area contributed by atoms with E-state index in [1.807, 2.05) is 6.08 Å². The Morgan fingerprint density at radius 3 is 1.20 bits per heavy atom. The second kappa shape index (κ2) is 54.3. The van der Waals surface area contributed by atoms with Gasteiger partial charge in [-0.3, -0.25) is 14.4 Å². The van der Waals surface area contributed by atoms with Gasteiger partial charge in [-0.05, 0) is 33.1 Å². The SMILES string of the molecule is CCCCCCCCCCCCC/C=C/[C@@H](O)[C@H](CO[C@@H]1OC(CO)[C@@H](O[C@@H]2OC(CO)[C@H](O)[C@H](O[C@@H]3OC(CO)[C@@H](O[C@H]4OC(C)[C@@H](O)C(O)[C@@H]4O)[C@H](O[C@@H]4OC(CO)[C@H](O)[C@H](O[C@H]5OC(CO)[C@H](O)[C@H](O)C5NC(C)=O)C4O[C@H]4OC(C)[C@@H](O)C(O)[C@@H]4O)C3NC(C)=O)C2O)[C@H](O)C1O)NC(=O)CCCCCCCCCCCCCCCCC. The number of aliphatic hydroxyl groups excluding tert-OH is 19. The zero-order valence-electron chi connectivity index (χ0n) is 71.0. The van der Waals surface area contributed by atoms with E-state index in [4.69, 9.17) is 66.3 Å². The zero-order valence-corrected chi connectivity index (χ0v) is 71.0. The number of allylic oxidation sites excluding steroid dienone is 1. The van der Waals surface area contributed by atoms with Gasteiger partial charge in [0.1, 0.15) is 159 Å². The van der Waals surface area contributed by atoms with Gasteiger partial charge in [0.05, 0.1) is 64.0 Å². The number of ether oxygens (including phenoxy) is 14. The molecule has 14 unspecified atom stereocenters. The summed E-state index contributed by atoms with van der Waals surface area (Å²) in [7, 11) is 0. The monoisotopic (exact) mass is 1750 g/mol. The van der Waals surface area contributed by atoms with Crippen molar-refractivity contribution in [2.45, 2.75) is 448 Å². The van der Waals surface area contributed by atoms with Crippen LogP contribution >= 0.6 is 0 Å². The highest BCUT2D eigenvalue weighted by Crippen LogP contribution is 2.41. The normalized spacial score (nSPS) is 39.2. The average Bonchev–Trinajstić information content (AvgIpc) is 0.755. The first kappa shape index (κ1) is 105. The first-order valence-electron chi connectivity index (χ1n) is 44.2. The van der Waals surface area contributed by atoms with Crippen molar-refractivity contribution < 1.29 is 178 Å². The van der Waals surface area contributed by atoms with Gasteiger partial charge >= 0.3 is 0 Å². The van der Waals surface area contributed by atoms with Crippen LogP contribution in [-0.2, 0) is 80.7 Å². The average molecular weight is 1750 g/mol. The molecule has 0 bridgehead atoms. The molecule has 0 aliphatic carbocycles. The molecule has 0 spiro atoms. The van der Waals surface area contributed by atoms with Gasteiger partial charge in [0.25, 0.3) is 0 Å². The largest absolute Gasteiger partial charge is 0.394 e. The van der Waals surface area contributed by atoms with Crippen LogP contribution in [0.3, 0.4) is 0 Å². The van der Waals surface area contributed by atoms with Crippen LogP contribution in [0, 0.1) is 0 Å². The van der Waals surface area contributed by atoms with E-state index in [0.29, 0.717) is 12.8 Å². The number of carbonyl (C=O) groups is 3. The quantitative estimate of drug-likeness (QED) is 0.0220. The minimum atomic E-state index is -2.34. The van der Waals surface area contributed by atoms with Crippen LogP contribution in [0.1, 0.15) is 221 Å². The van der Waals surface area contributed by atoms with Crippen molar-refractivity contribution in [2.75, 3.05) is 39.6 Å². The molecule has 121 heavy (non-hydrogen) atoms. The molecule has 0 aromatic heterocycles. The van der Waals surface area contributed by atoms with Gasteiger partial charge in [-0.25, -0.2) is 0 Å². The number of hydrogen-bond donors (Lipinski definition) is 22. The molecule has 7 saturated heterocycles. The third kappa shape index (κ3) is 30.7. The van der Waals surface area contributed by atoms with Crippen LogP contribution in [0.15, 0.2) is 12.2 Å². The van der Waals surface area contributed by atoms with E-state index >= 15 is 0 Å². The van der Waals surface area contributed by atoms with Crippen LogP contribution in [-0.4, -0.2) is 381 Å². The van der Waals surface area contributed by atoms with Crippen LogP contribution in [0.5, 0.6) is 0 Å². The summed E-state index contributed by atoms with van der Waals surface area (Å²) in [6.45, 7) is 3.07. The second-order valence-electron chi connectivity index (χ2n) is 33.4. The zero-order chi connectivity index (χ0) is 88.6. The maximum absolute atomic E-state index is 13.8. The van der Waals surface area contributed by atoms with Gasteiger partial charge in [-0.1, -0.05) is 180 Å². The highest BCUT2D eigenvalue weighted by molar-refractivity contribution is 5.76. The molecule has 0 saturated carbocycles. The summed E-state index contributed by atoms with van der Waals surface area (Å²) in [4.78, 5) is 40.1. The van der Waals surface area contributed by atoms with Crippen LogP contribution in [0.25, 0.3) is 0 Å². The number of hydrogen-bond acceptors (Lipinski definition) is 36. The molecule has 0 aromatic rings. The standard InChI is InChI=1S/C82H147N3O36/c1-7-9-11-13-15-17-19-21-22-24-26-28-30-32-34-36-54(94)85-47(48(93)35-33-31-29-27-25-23-20-18-16-14-12-10-8-2)42-108-78-68(106)65(103)70(52(40-89)115-78)116-81-69(107)73(60(98)50(38-87)112-81)119-77-56(84-46(6)92)72(71(53(41-90)114-77)117-79-66(104)63(101)57(95)43(3)109-79)118-82-75(121-80-67(105)64(102)58(96)44(4)110-80)74(61(99)51(39-88)113-82)120-76-55(83-45(5)91)62(100)59(97)49(37-86)111-76/h33,35,43-44,47-53,55-82,86-90,93,95-107H,7-32,34,36-42H2,1-6H3,(H,83,91)(H,84,92)(H,85,94)/b35-33+/t43?,44?,47-,48+,49?,50?,51?,52?,53?,55?,56?,57+,58+,59-,60-,61-,62+,63?,64?,65+,66-,67-,68?,69?,70+,71+,72+,73-,74-,75?,76+,77-,78+,79+,80+,81-,82-/m0/s1. The van der Waals surface area contributed by atoms with Gasteiger partial charge in [0, 0.05) is 20.3 Å². The lowest BCUT2D eigenvalue weighted by molar-refractivity contribution is -0.408. The number of unbranched alkanes of at least 4 members (excludes halogenated alkanes) is 25. The Kier molecular flexibility index (Phi) is 47.1. The lowest BCUT2D eigenvalue weighted by Crippen LogP contribution is -2.72. The first-order valence-corrected chi connectivity index (χ1v) is 44.2. The molecule has 22 N–H and O–H groups in total. The Bertz CT molecular complexity index is 2890. The van der Waals surface area contributed by atoms with E-state index in [9.17, 15) is 111 Å². The van der Waals surface area contributed by atoms with Crippen molar-refractivity contribution >= 4 is 17.7 Å². The predicted octanol–water partition coefficient (Wildman–Crippen LogP) is -2.54. The van der Waals surface area contributed by atoms with E-state index in [2.05, 4.69) is 29.8 Å². The van der Waals surface area contributed by atoms with Gasteiger partial charge in [-0.15, -0.1) is 0 Å². The van der Waals surface area contributed by atoms with E-state index in [-0.39, 0.29) is 12.3 Å². The molecular weight excluding hydrogens is 1600 g/mol. The van der Waals surface area contributed by atoms with Gasteiger partial charge in [0.15, 0.2) is 44.0 Å². The fourth-order valence-corrected chi connectivity index (χ4v) is 16.4. The van der Waals surface area contributed by atoms with E-state index in [0.717, 1.165) is 65.2 Å². The number of aliphatic hydroxyl groups is 19. The fourth-order valence-electron chi connectivity index (χ4n) is 16.4. The molecular formula is C82H147N3O36. The number of amides is 3. The van der Waals surface area contributed by atoms with Crippen molar-refractivity contribution in [1.29, 1.82) is 0 Å². The van der Waals surface area contributed by atoms with E-state index in [1.54, 1.807) is 6.08 Å². The molecule has 7 fully saturated rings. The number of nitrogens with one attached hydrogen (secondary N) is 3. The summed E-state index contributed by atoms with van der Waals surface area (Å²) in [5.41, 5.74) is 0. The first-order chi connectivity index (χ1) is 58.0. The predicted molar refractivity (Wildman–Crippen MR) is 424 cm³/mol. The highest BCUT2D eigenvalue weighted by Gasteiger charge is 2.61. The summed E-state index contributed by atoms with van der Waals surface area (Å²) in [6.07, 6.45) is -32.9. The third-order valence-corrected chi connectivity index (χ3v) is 23.8. The summed E-state index contributed by atoms with van der Waals surface area (Å²) < 4.78 is 86.3. The molecule has 3 amide bonds. The molecule has 0 aromatic carbocycles. The molecule has 37 atom stereocenters.